The molecule has 1 aliphatic heterocycles. The molecule has 0 radical (unpaired) electrons. The summed E-state index contributed by atoms with van der Waals surface area (Å²) in [4.78, 5) is 14.3. The lowest BCUT2D eigenvalue weighted by molar-refractivity contribution is -0.140. The Morgan fingerprint density at radius 2 is 1.68 bits per heavy atom. The number of carbonyl (C=O) groups excluding carboxylic acids is 1. The summed E-state index contributed by atoms with van der Waals surface area (Å²) in [6.07, 6.45) is 0.484. The molecular formula is C30H36Cl3N3O4S. The Labute approximate surface area is 258 Å². The Balaban J connectivity index is 0.00000462. The second-order valence-electron chi connectivity index (χ2n) is 10.2. The molecule has 0 aliphatic carbocycles. The van der Waals surface area contributed by atoms with E-state index in [0.29, 0.717) is 29.6 Å². The van der Waals surface area contributed by atoms with Gasteiger partial charge in [-0.25, -0.2) is 13.1 Å². The molecular weight excluding hydrogens is 605 g/mol. The lowest BCUT2D eigenvalue weighted by atomic mass is 9.62. The van der Waals surface area contributed by atoms with Crippen LogP contribution in [-0.2, 0) is 38.1 Å². The van der Waals surface area contributed by atoms with Crippen molar-refractivity contribution < 1.29 is 17.9 Å². The predicted octanol–water partition coefficient (Wildman–Crippen LogP) is 5.10. The summed E-state index contributed by atoms with van der Waals surface area (Å²) in [5.41, 5.74) is 1.95. The number of nitrogens with one attached hydrogen (secondary N) is 3. The van der Waals surface area contributed by atoms with Crippen LogP contribution < -0.4 is 15.4 Å². The van der Waals surface area contributed by atoms with Gasteiger partial charge >= 0.3 is 0 Å². The van der Waals surface area contributed by atoms with E-state index in [1.165, 1.54) is 0 Å². The van der Waals surface area contributed by atoms with E-state index < -0.39 is 33.6 Å². The van der Waals surface area contributed by atoms with Gasteiger partial charge in [-0.1, -0.05) is 89.9 Å². The first-order chi connectivity index (χ1) is 19.1. The van der Waals surface area contributed by atoms with Gasteiger partial charge in [0.1, 0.15) is 6.10 Å². The minimum atomic E-state index is -3.52. The average molecular weight is 641 g/mol. The molecule has 11 heteroatoms. The van der Waals surface area contributed by atoms with E-state index >= 15 is 0 Å². The summed E-state index contributed by atoms with van der Waals surface area (Å²) in [6, 6.07) is 24.8. The van der Waals surface area contributed by atoms with E-state index in [1.807, 2.05) is 66.7 Å². The van der Waals surface area contributed by atoms with Crippen molar-refractivity contribution in [2.75, 3.05) is 19.3 Å². The second-order valence-corrected chi connectivity index (χ2v) is 12.9. The van der Waals surface area contributed by atoms with Crippen LogP contribution in [0.15, 0.2) is 78.9 Å². The normalized spacial score (nSPS) is 21.6. The zero-order chi connectivity index (χ0) is 28.8. The molecule has 1 heterocycles. The maximum absolute atomic E-state index is 14.3. The highest BCUT2D eigenvalue weighted by Crippen LogP contribution is 2.41. The first-order valence-electron chi connectivity index (χ1n) is 13.2. The zero-order valence-corrected chi connectivity index (χ0v) is 26.1. The number of Topliss-reactive ketones (excluding diaryl/α,β-unsaturated/α-hetero) is 1. The Morgan fingerprint density at radius 1 is 1.02 bits per heavy atom. The Hall–Kier alpha value is -2.01. The lowest BCUT2D eigenvalue weighted by Gasteiger charge is -2.49. The SMILES string of the molecule is CC(OCc1ccc(Cl)c(Cl)c1)C(=O)C1C(NCc2ccccc2)NCCC1(CNS(C)(=O)=O)c1ccccc1.Cl. The summed E-state index contributed by atoms with van der Waals surface area (Å²) in [6.45, 7) is 3.12. The molecule has 3 aromatic rings. The van der Waals surface area contributed by atoms with Crippen LogP contribution in [0.4, 0.5) is 0 Å². The highest BCUT2D eigenvalue weighted by Gasteiger charge is 2.51. The highest BCUT2D eigenvalue weighted by atomic mass is 35.5. The van der Waals surface area contributed by atoms with E-state index in [2.05, 4.69) is 15.4 Å². The number of hydrogen-bond donors (Lipinski definition) is 3. The van der Waals surface area contributed by atoms with E-state index in [4.69, 9.17) is 27.9 Å². The molecule has 0 spiro atoms. The third-order valence-corrected chi connectivity index (χ3v) is 8.83. The van der Waals surface area contributed by atoms with Gasteiger partial charge in [-0.3, -0.25) is 10.1 Å². The quantitative estimate of drug-likeness (QED) is 0.255. The van der Waals surface area contributed by atoms with Crippen molar-refractivity contribution in [1.82, 2.24) is 15.4 Å². The molecule has 1 saturated heterocycles. The van der Waals surface area contributed by atoms with Gasteiger partial charge in [0.25, 0.3) is 0 Å². The van der Waals surface area contributed by atoms with Gasteiger partial charge in [-0.2, -0.15) is 0 Å². The number of rotatable bonds is 12. The fourth-order valence-electron chi connectivity index (χ4n) is 5.33. The summed E-state index contributed by atoms with van der Waals surface area (Å²) >= 11 is 12.2. The maximum Gasteiger partial charge on any atom is 0.208 e. The van der Waals surface area contributed by atoms with Crippen LogP contribution in [-0.4, -0.2) is 45.8 Å². The number of benzene rings is 3. The first kappa shape index (κ1) is 33.5. The third kappa shape index (κ3) is 8.75. The molecule has 41 heavy (non-hydrogen) atoms. The number of carbonyl (C=O) groups is 1. The fraction of sp³-hybridized carbons (Fsp3) is 0.367. The summed E-state index contributed by atoms with van der Waals surface area (Å²) in [5, 5.41) is 7.88. The van der Waals surface area contributed by atoms with Gasteiger partial charge < -0.3 is 10.1 Å². The van der Waals surface area contributed by atoms with E-state index in [1.54, 1.807) is 19.1 Å². The predicted molar refractivity (Wildman–Crippen MR) is 167 cm³/mol. The van der Waals surface area contributed by atoms with E-state index in [-0.39, 0.29) is 31.3 Å². The van der Waals surface area contributed by atoms with Gasteiger partial charge in [-0.15, -0.1) is 12.4 Å². The molecule has 4 unspecified atom stereocenters. The van der Waals surface area contributed by atoms with Gasteiger partial charge in [0.05, 0.1) is 35.0 Å². The molecule has 222 valence electrons. The van der Waals surface area contributed by atoms with E-state index in [0.717, 1.165) is 22.9 Å². The molecule has 4 atom stereocenters. The van der Waals surface area contributed by atoms with Crippen molar-refractivity contribution in [3.8, 4) is 0 Å². The van der Waals surface area contributed by atoms with Crippen LogP contribution >= 0.6 is 35.6 Å². The number of hydrogen-bond acceptors (Lipinski definition) is 6. The Kier molecular flexibility index (Phi) is 12.2. The van der Waals surface area contributed by atoms with Crippen LogP contribution in [0.1, 0.15) is 30.0 Å². The number of sulfonamides is 1. The summed E-state index contributed by atoms with van der Waals surface area (Å²) in [7, 11) is -3.52. The first-order valence-corrected chi connectivity index (χ1v) is 15.8. The molecule has 1 aliphatic rings. The van der Waals surface area contributed by atoms with Gasteiger partial charge in [0.15, 0.2) is 5.78 Å². The molecule has 4 rings (SSSR count). The lowest BCUT2D eigenvalue weighted by Crippen LogP contribution is -2.66. The van der Waals surface area contributed by atoms with Crippen molar-refractivity contribution in [3.05, 3.63) is 106 Å². The second kappa shape index (κ2) is 14.9. The van der Waals surface area contributed by atoms with Crippen molar-refractivity contribution >= 4 is 51.4 Å². The fourth-order valence-corrected chi connectivity index (χ4v) is 6.17. The van der Waals surface area contributed by atoms with Crippen molar-refractivity contribution in [3.63, 3.8) is 0 Å². The molecule has 0 saturated carbocycles. The van der Waals surface area contributed by atoms with Crippen LogP contribution in [0.3, 0.4) is 0 Å². The topological polar surface area (TPSA) is 96.5 Å². The number of ketones is 1. The Bertz CT molecular complexity index is 1400. The minimum Gasteiger partial charge on any atom is -0.366 e. The van der Waals surface area contributed by atoms with Crippen LogP contribution in [0.25, 0.3) is 0 Å². The van der Waals surface area contributed by atoms with Crippen molar-refractivity contribution in [2.24, 2.45) is 5.92 Å². The minimum absolute atomic E-state index is 0. The van der Waals surface area contributed by atoms with Gasteiger partial charge in [0.2, 0.25) is 10.0 Å². The molecule has 3 aromatic carbocycles. The molecule has 0 bridgehead atoms. The highest BCUT2D eigenvalue weighted by molar-refractivity contribution is 7.88. The molecule has 1 fully saturated rings. The summed E-state index contributed by atoms with van der Waals surface area (Å²) in [5.74, 6) is -0.776. The van der Waals surface area contributed by atoms with Crippen LogP contribution in [0, 0.1) is 5.92 Å². The number of ether oxygens (including phenoxy) is 1. The molecule has 7 nitrogen and oxygen atoms in total. The molecule has 3 N–H and O–H groups in total. The van der Waals surface area contributed by atoms with Gasteiger partial charge in [-0.05, 0) is 48.7 Å². The smallest absolute Gasteiger partial charge is 0.208 e. The van der Waals surface area contributed by atoms with Gasteiger partial charge in [0, 0.05) is 18.5 Å². The largest absolute Gasteiger partial charge is 0.366 e. The number of halogens is 3. The summed E-state index contributed by atoms with van der Waals surface area (Å²) < 4.78 is 33.4. The third-order valence-electron chi connectivity index (χ3n) is 7.42. The zero-order valence-electron chi connectivity index (χ0n) is 23.0. The van der Waals surface area contributed by atoms with Crippen molar-refractivity contribution in [1.29, 1.82) is 0 Å². The average Bonchev–Trinajstić information content (AvgIpc) is 2.95. The van der Waals surface area contributed by atoms with Crippen LogP contribution in [0.2, 0.25) is 10.0 Å². The number of piperidine rings is 1. The van der Waals surface area contributed by atoms with E-state index in [9.17, 15) is 13.2 Å². The molecule has 0 aromatic heterocycles. The van der Waals surface area contributed by atoms with Crippen molar-refractivity contribution in [2.45, 2.75) is 44.2 Å². The standard InChI is InChI=1S/C30H35Cl2N3O4S.ClH/c1-21(39-19-23-13-14-25(31)26(32)17-23)28(36)27-29(34-18-22-9-5-3-6-10-22)33-16-15-30(27,20-35-40(2,37)38)24-11-7-4-8-12-24;/h3-14,17,21,27,29,33-35H,15-16,18-20H2,1-2H3;1H. The monoisotopic (exact) mass is 639 g/mol. The van der Waals surface area contributed by atoms with Crippen LogP contribution in [0.5, 0.6) is 0 Å². The Morgan fingerprint density at radius 3 is 2.32 bits per heavy atom. The maximum atomic E-state index is 14.3. The molecule has 0 amide bonds.